The topological polar surface area (TPSA) is 3.24 Å². The monoisotopic (exact) mass is 136 g/mol. The van der Waals surface area contributed by atoms with Crippen LogP contribution in [0.25, 0.3) is 0 Å². The molecule has 1 radical (unpaired) electrons. The lowest BCUT2D eigenvalue weighted by molar-refractivity contribution is 0.659. The first-order valence-electron chi connectivity index (χ1n) is 2.86. The third-order valence-corrected chi connectivity index (χ3v) is 2.16. The molecule has 45 valence electrons. The zero-order valence-electron chi connectivity index (χ0n) is 4.87. The smallest absolute Gasteiger partial charge is 0.0561 e. The minimum absolute atomic E-state index is 1.01. The van der Waals surface area contributed by atoms with Crippen molar-refractivity contribution >= 4 is 11.9 Å². The molecule has 0 aromatic carbocycles. The van der Waals surface area contributed by atoms with E-state index in [1.165, 1.54) is 5.70 Å². The van der Waals surface area contributed by atoms with Gasteiger partial charge in [-0.3, -0.25) is 0 Å². The summed E-state index contributed by atoms with van der Waals surface area (Å²) in [6.07, 6.45) is 9.29. The van der Waals surface area contributed by atoms with Crippen LogP contribution in [-0.2, 0) is 0 Å². The van der Waals surface area contributed by atoms with Gasteiger partial charge in [-0.15, -0.1) is 0 Å². The zero-order valence-corrected chi connectivity index (χ0v) is 5.69. The van der Waals surface area contributed by atoms with Crippen molar-refractivity contribution in [3.63, 3.8) is 0 Å². The molecule has 0 aromatic heterocycles. The van der Waals surface area contributed by atoms with Crippen LogP contribution >= 0.6 is 11.9 Å². The molecule has 0 atom stereocenters. The molecule has 0 aliphatic carbocycles. The number of allylic oxidation sites excluding steroid dienone is 3. The van der Waals surface area contributed by atoms with Gasteiger partial charge in [-0.1, -0.05) is 12.2 Å². The third kappa shape index (κ3) is 0.793. The van der Waals surface area contributed by atoms with Gasteiger partial charge in [0.1, 0.15) is 0 Å². The van der Waals surface area contributed by atoms with Gasteiger partial charge in [0.05, 0.1) is 5.70 Å². The number of nitrogens with zero attached hydrogens (tertiary/aromatic N) is 1. The van der Waals surface area contributed by atoms with Gasteiger partial charge < -0.3 is 4.31 Å². The van der Waals surface area contributed by atoms with E-state index < -0.39 is 0 Å². The SMILES string of the molecule is [C]1=C2C=CSN2CC=C1. The van der Waals surface area contributed by atoms with Gasteiger partial charge in [0.25, 0.3) is 0 Å². The maximum absolute atomic E-state index is 3.14. The lowest BCUT2D eigenvalue weighted by Crippen LogP contribution is -2.11. The fourth-order valence-electron chi connectivity index (χ4n) is 0.862. The Morgan fingerprint density at radius 2 is 2.67 bits per heavy atom. The van der Waals surface area contributed by atoms with Crippen molar-refractivity contribution in [1.29, 1.82) is 0 Å². The van der Waals surface area contributed by atoms with Crippen LogP contribution in [0.2, 0.25) is 0 Å². The Balaban J connectivity index is 2.31. The molecule has 0 fully saturated rings. The Kier molecular flexibility index (Phi) is 1.12. The lowest BCUT2D eigenvalue weighted by atomic mass is 10.3. The van der Waals surface area contributed by atoms with Crippen molar-refractivity contribution < 1.29 is 0 Å². The lowest BCUT2D eigenvalue weighted by Gasteiger charge is -2.17. The van der Waals surface area contributed by atoms with E-state index in [0.29, 0.717) is 0 Å². The van der Waals surface area contributed by atoms with Crippen LogP contribution in [0.1, 0.15) is 0 Å². The molecule has 0 aromatic rings. The first-order chi connectivity index (χ1) is 4.47. The van der Waals surface area contributed by atoms with Gasteiger partial charge in [0, 0.05) is 12.6 Å². The molecule has 0 amide bonds. The van der Waals surface area contributed by atoms with Crippen LogP contribution in [0, 0.1) is 6.08 Å². The second-order valence-corrected chi connectivity index (χ2v) is 2.82. The Morgan fingerprint density at radius 3 is 3.56 bits per heavy atom. The average Bonchev–Trinajstić information content (AvgIpc) is 2.33. The predicted octanol–water partition coefficient (Wildman–Crippen LogP) is 1.72. The normalized spacial score (nSPS) is 22.2. The summed E-state index contributed by atoms with van der Waals surface area (Å²) in [5.41, 5.74) is 1.20. The molecule has 1 nitrogen and oxygen atoms in total. The molecule has 2 aliphatic rings. The Labute approximate surface area is 58.9 Å². The standard InChI is InChI=1S/C7H6NS/c1-2-5-8-7(3-1)4-6-9-8/h1-2,4,6H,5H2. The van der Waals surface area contributed by atoms with E-state index in [1.54, 1.807) is 11.9 Å². The molecule has 0 unspecified atom stereocenters. The Morgan fingerprint density at radius 1 is 1.67 bits per heavy atom. The molecule has 2 aliphatic heterocycles. The molecule has 2 rings (SSSR count). The first kappa shape index (κ1) is 5.18. The minimum atomic E-state index is 1.01. The van der Waals surface area contributed by atoms with Gasteiger partial charge in [-0.05, 0) is 23.4 Å². The highest BCUT2D eigenvalue weighted by molar-refractivity contribution is 8.00. The quantitative estimate of drug-likeness (QED) is 0.466. The van der Waals surface area contributed by atoms with Crippen molar-refractivity contribution in [1.82, 2.24) is 4.31 Å². The van der Waals surface area contributed by atoms with Crippen molar-refractivity contribution in [2.75, 3.05) is 6.54 Å². The fourth-order valence-corrected chi connectivity index (χ4v) is 1.60. The van der Waals surface area contributed by atoms with E-state index >= 15 is 0 Å². The van der Waals surface area contributed by atoms with Crippen LogP contribution in [0.3, 0.4) is 0 Å². The zero-order chi connectivity index (χ0) is 6.10. The van der Waals surface area contributed by atoms with Crippen molar-refractivity contribution in [2.45, 2.75) is 0 Å². The van der Waals surface area contributed by atoms with E-state index in [4.69, 9.17) is 0 Å². The Bertz CT molecular complexity index is 203. The maximum Gasteiger partial charge on any atom is 0.0561 e. The van der Waals surface area contributed by atoms with Gasteiger partial charge in [0.15, 0.2) is 0 Å². The van der Waals surface area contributed by atoms with Gasteiger partial charge in [-0.25, -0.2) is 0 Å². The number of hydrogen-bond donors (Lipinski definition) is 0. The highest BCUT2D eigenvalue weighted by Gasteiger charge is 2.11. The van der Waals surface area contributed by atoms with E-state index in [1.807, 2.05) is 6.08 Å². The largest absolute Gasteiger partial charge is 0.308 e. The van der Waals surface area contributed by atoms with Gasteiger partial charge >= 0.3 is 0 Å². The number of rotatable bonds is 0. The summed E-state index contributed by atoms with van der Waals surface area (Å²) in [7, 11) is 0. The molecule has 0 spiro atoms. The van der Waals surface area contributed by atoms with Crippen LogP contribution < -0.4 is 0 Å². The molecule has 0 saturated carbocycles. The highest BCUT2D eigenvalue weighted by Crippen LogP contribution is 2.28. The first-order valence-corrected chi connectivity index (χ1v) is 3.70. The minimum Gasteiger partial charge on any atom is -0.308 e. The summed E-state index contributed by atoms with van der Waals surface area (Å²) < 4.78 is 2.19. The van der Waals surface area contributed by atoms with Gasteiger partial charge in [-0.2, -0.15) is 0 Å². The average molecular weight is 136 g/mol. The molecule has 0 N–H and O–H groups in total. The fraction of sp³-hybridized carbons (Fsp3) is 0.143. The van der Waals surface area contributed by atoms with Gasteiger partial charge in [0.2, 0.25) is 0 Å². The predicted molar refractivity (Wildman–Crippen MR) is 39.3 cm³/mol. The number of fused-ring (bicyclic) bond motifs is 1. The maximum atomic E-state index is 3.14. The third-order valence-electron chi connectivity index (χ3n) is 1.30. The van der Waals surface area contributed by atoms with Crippen LogP contribution in [0.5, 0.6) is 0 Å². The van der Waals surface area contributed by atoms with Crippen LogP contribution in [0.4, 0.5) is 0 Å². The highest BCUT2D eigenvalue weighted by atomic mass is 32.2. The molecule has 9 heavy (non-hydrogen) atoms. The summed E-state index contributed by atoms with van der Waals surface area (Å²) in [5, 5.41) is 2.08. The van der Waals surface area contributed by atoms with E-state index in [2.05, 4.69) is 27.9 Å². The van der Waals surface area contributed by atoms with Crippen molar-refractivity contribution in [3.05, 3.63) is 35.4 Å². The molecule has 0 bridgehead atoms. The summed E-state index contributed by atoms with van der Waals surface area (Å²) >= 11 is 1.73. The molecular weight excluding hydrogens is 130 g/mol. The van der Waals surface area contributed by atoms with Crippen LogP contribution in [0.15, 0.2) is 29.3 Å². The van der Waals surface area contributed by atoms with E-state index in [-0.39, 0.29) is 0 Å². The second kappa shape index (κ2) is 1.95. The number of hydrogen-bond acceptors (Lipinski definition) is 2. The van der Waals surface area contributed by atoms with Crippen molar-refractivity contribution in [2.24, 2.45) is 0 Å². The molecular formula is C7H6NS. The summed E-state index contributed by atoms with van der Waals surface area (Å²) in [6, 6.07) is 0. The Hall–Kier alpha value is -0.630. The molecule has 0 saturated heterocycles. The summed E-state index contributed by atoms with van der Waals surface area (Å²) in [6.45, 7) is 1.01. The van der Waals surface area contributed by atoms with Crippen LogP contribution in [-0.4, -0.2) is 10.8 Å². The summed E-state index contributed by atoms with van der Waals surface area (Å²) in [5.74, 6) is 0. The van der Waals surface area contributed by atoms with E-state index in [9.17, 15) is 0 Å². The second-order valence-electron chi connectivity index (χ2n) is 1.90. The van der Waals surface area contributed by atoms with Crippen molar-refractivity contribution in [3.8, 4) is 0 Å². The summed E-state index contributed by atoms with van der Waals surface area (Å²) in [4.78, 5) is 0. The molecule has 2 heterocycles. The van der Waals surface area contributed by atoms with E-state index in [0.717, 1.165) is 6.54 Å². The molecule has 2 heteroatoms.